The summed E-state index contributed by atoms with van der Waals surface area (Å²) in [6.07, 6.45) is 6.64. The largest absolute Gasteiger partial charge is 0.507 e. The van der Waals surface area contributed by atoms with Crippen LogP contribution >= 0.6 is 0 Å². The molecule has 2 aromatic rings. The number of phenols is 1. The molecule has 1 fully saturated rings. The van der Waals surface area contributed by atoms with Crippen LogP contribution in [-0.2, 0) is 6.54 Å². The molecule has 1 aliphatic rings. The van der Waals surface area contributed by atoms with E-state index in [1.807, 2.05) is 17.7 Å². The molecule has 8 nitrogen and oxygen atoms in total. The zero-order chi connectivity index (χ0) is 19.2. The number of hydrogen-bond acceptors (Lipinski definition) is 4. The highest BCUT2D eigenvalue weighted by molar-refractivity contribution is 5.96. The number of benzene rings is 1. The third-order valence-electron chi connectivity index (χ3n) is 4.67. The number of para-hydroxylation sites is 1. The molecule has 27 heavy (non-hydrogen) atoms. The van der Waals surface area contributed by atoms with Gasteiger partial charge >= 0.3 is 6.03 Å². The van der Waals surface area contributed by atoms with Crippen LogP contribution in [0.15, 0.2) is 43.0 Å². The first kappa shape index (κ1) is 18.8. The summed E-state index contributed by atoms with van der Waals surface area (Å²) >= 11 is 0. The Morgan fingerprint density at radius 1 is 1.30 bits per heavy atom. The third kappa shape index (κ3) is 4.99. The Morgan fingerprint density at radius 3 is 2.70 bits per heavy atom. The highest BCUT2D eigenvalue weighted by Crippen LogP contribution is 2.20. The van der Waals surface area contributed by atoms with Gasteiger partial charge in [-0.2, -0.15) is 0 Å². The van der Waals surface area contributed by atoms with Crippen LogP contribution in [-0.4, -0.2) is 56.7 Å². The second kappa shape index (κ2) is 8.57. The number of aromatic hydroxyl groups is 1. The molecule has 0 bridgehead atoms. The van der Waals surface area contributed by atoms with Crippen molar-refractivity contribution in [2.24, 2.45) is 0 Å². The summed E-state index contributed by atoms with van der Waals surface area (Å²) in [7, 11) is 0. The Bertz CT molecular complexity index is 769. The first-order valence-corrected chi connectivity index (χ1v) is 9.13. The molecule has 1 aliphatic heterocycles. The molecule has 0 aliphatic carbocycles. The summed E-state index contributed by atoms with van der Waals surface area (Å²) in [5, 5.41) is 15.7. The number of rotatable bonds is 5. The number of piperidine rings is 1. The normalized spacial score (nSPS) is 16.0. The van der Waals surface area contributed by atoms with Crippen molar-refractivity contribution in [2.75, 3.05) is 13.1 Å². The molecule has 0 radical (unpaired) electrons. The van der Waals surface area contributed by atoms with E-state index >= 15 is 0 Å². The molecule has 144 valence electrons. The van der Waals surface area contributed by atoms with Crippen LogP contribution in [0.25, 0.3) is 0 Å². The number of hydrogen-bond donors (Lipinski definition) is 3. The predicted molar refractivity (Wildman–Crippen MR) is 100 cm³/mol. The van der Waals surface area contributed by atoms with Crippen LogP contribution in [0.4, 0.5) is 4.79 Å². The summed E-state index contributed by atoms with van der Waals surface area (Å²) in [5.41, 5.74) is 0.315. The fourth-order valence-electron chi connectivity index (χ4n) is 3.26. The Kier molecular flexibility index (Phi) is 5.95. The number of amides is 3. The minimum absolute atomic E-state index is 0.00555. The van der Waals surface area contributed by atoms with Crippen molar-refractivity contribution < 1.29 is 14.7 Å². The Morgan fingerprint density at radius 2 is 2.04 bits per heavy atom. The SMILES string of the molecule is CC(Cn1ccnc1)NC(=O)NC1CCN(C(=O)c2ccccc2O)CC1. The third-order valence-corrected chi connectivity index (χ3v) is 4.67. The van der Waals surface area contributed by atoms with Gasteiger partial charge in [-0.25, -0.2) is 9.78 Å². The van der Waals surface area contributed by atoms with Gasteiger partial charge < -0.3 is 25.2 Å². The minimum Gasteiger partial charge on any atom is -0.507 e. The molecule has 3 N–H and O–H groups in total. The summed E-state index contributed by atoms with van der Waals surface area (Å²) in [6, 6.07) is 6.35. The maximum absolute atomic E-state index is 12.5. The van der Waals surface area contributed by atoms with Crippen molar-refractivity contribution in [3.63, 3.8) is 0 Å². The van der Waals surface area contributed by atoms with Gasteiger partial charge in [0.15, 0.2) is 0 Å². The van der Waals surface area contributed by atoms with Crippen LogP contribution in [0.3, 0.4) is 0 Å². The summed E-state index contributed by atoms with van der Waals surface area (Å²) in [6.45, 7) is 3.68. The number of nitrogens with zero attached hydrogens (tertiary/aromatic N) is 3. The van der Waals surface area contributed by atoms with Gasteiger partial charge in [-0.1, -0.05) is 12.1 Å². The fourth-order valence-corrected chi connectivity index (χ4v) is 3.26. The average molecular weight is 371 g/mol. The number of carbonyl (C=O) groups excluding carboxylic acids is 2. The van der Waals surface area contributed by atoms with Crippen molar-refractivity contribution in [1.82, 2.24) is 25.1 Å². The lowest BCUT2D eigenvalue weighted by molar-refractivity contribution is 0.0705. The molecule has 1 unspecified atom stereocenters. The Hall–Kier alpha value is -3.03. The molecule has 1 saturated heterocycles. The highest BCUT2D eigenvalue weighted by Gasteiger charge is 2.26. The number of nitrogens with one attached hydrogen (secondary N) is 2. The zero-order valence-corrected chi connectivity index (χ0v) is 15.3. The number of aromatic nitrogens is 2. The predicted octanol–water partition coefficient (Wildman–Crippen LogP) is 1.58. The van der Waals surface area contributed by atoms with E-state index in [4.69, 9.17) is 0 Å². The zero-order valence-electron chi connectivity index (χ0n) is 15.3. The first-order chi connectivity index (χ1) is 13.0. The maximum atomic E-state index is 12.5. The van der Waals surface area contributed by atoms with Crippen LogP contribution < -0.4 is 10.6 Å². The fraction of sp³-hybridized carbons (Fsp3) is 0.421. The molecule has 3 rings (SSSR count). The second-order valence-electron chi connectivity index (χ2n) is 6.86. The molecule has 1 aromatic heterocycles. The van der Waals surface area contributed by atoms with E-state index in [2.05, 4.69) is 15.6 Å². The van der Waals surface area contributed by atoms with E-state index in [0.29, 0.717) is 38.0 Å². The lowest BCUT2D eigenvalue weighted by atomic mass is 10.0. The van der Waals surface area contributed by atoms with Gasteiger partial charge in [0.2, 0.25) is 0 Å². The van der Waals surface area contributed by atoms with E-state index in [1.54, 1.807) is 35.6 Å². The number of phenolic OH excluding ortho intramolecular Hbond substituents is 1. The van der Waals surface area contributed by atoms with Gasteiger partial charge in [0.05, 0.1) is 11.9 Å². The maximum Gasteiger partial charge on any atom is 0.315 e. The number of imidazole rings is 1. The quantitative estimate of drug-likeness (QED) is 0.743. The number of carbonyl (C=O) groups is 2. The average Bonchev–Trinajstić information content (AvgIpc) is 3.15. The van der Waals surface area contributed by atoms with Crippen molar-refractivity contribution in [3.05, 3.63) is 48.5 Å². The smallest absolute Gasteiger partial charge is 0.315 e. The molecule has 2 heterocycles. The van der Waals surface area contributed by atoms with Gasteiger partial charge in [-0.05, 0) is 31.9 Å². The number of urea groups is 1. The van der Waals surface area contributed by atoms with Gasteiger partial charge in [0.25, 0.3) is 5.91 Å². The molecular formula is C19H25N5O3. The molecule has 0 spiro atoms. The van der Waals surface area contributed by atoms with Crippen molar-refractivity contribution in [1.29, 1.82) is 0 Å². The molecule has 3 amide bonds. The molecule has 1 atom stereocenters. The number of likely N-dealkylation sites (tertiary alicyclic amines) is 1. The first-order valence-electron chi connectivity index (χ1n) is 9.13. The summed E-state index contributed by atoms with van der Waals surface area (Å²) < 4.78 is 1.91. The Labute approximate surface area is 158 Å². The highest BCUT2D eigenvalue weighted by atomic mass is 16.3. The lowest BCUT2D eigenvalue weighted by Gasteiger charge is -2.32. The second-order valence-corrected chi connectivity index (χ2v) is 6.86. The van der Waals surface area contributed by atoms with Crippen LogP contribution in [0.2, 0.25) is 0 Å². The van der Waals surface area contributed by atoms with E-state index < -0.39 is 0 Å². The van der Waals surface area contributed by atoms with E-state index in [0.717, 1.165) is 0 Å². The van der Waals surface area contributed by atoms with Gasteiger partial charge in [-0.15, -0.1) is 0 Å². The van der Waals surface area contributed by atoms with Gasteiger partial charge in [0.1, 0.15) is 5.75 Å². The summed E-state index contributed by atoms with van der Waals surface area (Å²) in [5.74, 6) is -0.182. The molecule has 8 heteroatoms. The standard InChI is InChI=1S/C19H25N5O3/c1-14(12-23-11-8-20-13-23)21-19(27)22-15-6-9-24(10-7-15)18(26)16-4-2-3-5-17(16)25/h2-5,8,11,13-15,25H,6-7,9-10,12H2,1H3,(H2,21,22,27). The molecule has 1 aromatic carbocycles. The van der Waals surface area contributed by atoms with Crippen LogP contribution in [0.5, 0.6) is 5.75 Å². The lowest BCUT2D eigenvalue weighted by Crippen LogP contribution is -2.51. The van der Waals surface area contributed by atoms with Crippen molar-refractivity contribution in [2.45, 2.75) is 38.4 Å². The van der Waals surface area contributed by atoms with Crippen LogP contribution in [0.1, 0.15) is 30.1 Å². The van der Waals surface area contributed by atoms with Gasteiger partial charge in [0, 0.05) is 44.1 Å². The van der Waals surface area contributed by atoms with E-state index in [-0.39, 0.29) is 29.8 Å². The van der Waals surface area contributed by atoms with Crippen molar-refractivity contribution in [3.8, 4) is 5.75 Å². The topological polar surface area (TPSA) is 99.5 Å². The molecular weight excluding hydrogens is 346 g/mol. The van der Waals surface area contributed by atoms with Crippen LogP contribution in [0, 0.1) is 0 Å². The van der Waals surface area contributed by atoms with Crippen molar-refractivity contribution >= 4 is 11.9 Å². The summed E-state index contributed by atoms with van der Waals surface area (Å²) in [4.78, 5) is 30.4. The Balaban J connectivity index is 1.43. The minimum atomic E-state index is -0.201. The molecule has 0 saturated carbocycles. The van der Waals surface area contributed by atoms with Gasteiger partial charge in [-0.3, -0.25) is 4.79 Å². The van der Waals surface area contributed by atoms with E-state index in [9.17, 15) is 14.7 Å². The van der Waals surface area contributed by atoms with E-state index in [1.165, 1.54) is 6.07 Å². The monoisotopic (exact) mass is 371 g/mol.